The molecule has 21 heavy (non-hydrogen) atoms. The molecule has 0 aliphatic carbocycles. The first-order valence-corrected chi connectivity index (χ1v) is 9.80. The fraction of sp³-hybridized carbons (Fsp3) is 0.429. The van der Waals surface area contributed by atoms with Crippen LogP contribution < -0.4 is 5.30 Å². The van der Waals surface area contributed by atoms with Gasteiger partial charge in [-0.2, -0.15) is 0 Å². The summed E-state index contributed by atoms with van der Waals surface area (Å²) in [7, 11) is -2.46. The van der Waals surface area contributed by atoms with E-state index in [1.807, 2.05) is 13.8 Å². The molecule has 0 saturated carbocycles. The Morgan fingerprint density at radius 1 is 1.38 bits per heavy atom. The van der Waals surface area contributed by atoms with Gasteiger partial charge in [0, 0.05) is 17.7 Å². The molecule has 0 aromatic carbocycles. The number of rotatable bonds is 6. The minimum absolute atomic E-state index is 0.252. The smallest absolute Gasteiger partial charge is 0.357 e. The Bertz CT molecular complexity index is 668. The van der Waals surface area contributed by atoms with Crippen molar-refractivity contribution in [2.45, 2.75) is 20.8 Å². The number of nitrogens with zero attached hydrogens (tertiary/aromatic N) is 1. The first-order valence-electron chi connectivity index (χ1n) is 6.84. The van der Waals surface area contributed by atoms with Gasteiger partial charge >= 0.3 is 5.97 Å². The van der Waals surface area contributed by atoms with Gasteiger partial charge in [-0.25, -0.2) is 9.78 Å². The van der Waals surface area contributed by atoms with Gasteiger partial charge in [0.15, 0.2) is 16.5 Å². The lowest BCUT2D eigenvalue weighted by atomic mass is 10.4. The molecule has 0 aliphatic heterocycles. The molecule has 2 aromatic rings. The number of aromatic nitrogens is 1. The van der Waals surface area contributed by atoms with Gasteiger partial charge in [-0.05, 0) is 13.0 Å². The zero-order valence-electron chi connectivity index (χ0n) is 12.3. The average Bonchev–Trinajstić information content (AvgIpc) is 3.15. The molecule has 5 nitrogen and oxygen atoms in total. The summed E-state index contributed by atoms with van der Waals surface area (Å²) in [5.41, 5.74) is 0.252. The highest BCUT2D eigenvalue weighted by Crippen LogP contribution is 2.46. The summed E-state index contributed by atoms with van der Waals surface area (Å²) in [4.78, 5) is 15.9. The molecule has 0 aliphatic rings. The number of hydrogen-bond acceptors (Lipinski definition) is 6. The molecule has 2 rings (SSSR count). The van der Waals surface area contributed by atoms with E-state index in [-0.39, 0.29) is 5.69 Å². The molecule has 114 valence electrons. The molecular weight excluding hydrogens is 309 g/mol. The summed E-state index contributed by atoms with van der Waals surface area (Å²) in [6, 6.07) is 1.74. The number of esters is 1. The molecule has 7 heteroatoms. The summed E-state index contributed by atoms with van der Waals surface area (Å²) in [5.74, 6) is 0.0462. The number of thiazole rings is 1. The fourth-order valence-electron chi connectivity index (χ4n) is 2.02. The molecule has 0 atom stereocenters. The van der Waals surface area contributed by atoms with Crippen LogP contribution in [0, 0.1) is 0 Å². The molecule has 2 heterocycles. The second-order valence-electron chi connectivity index (χ2n) is 4.42. The number of carbonyl (C=O) groups is 1. The maximum Gasteiger partial charge on any atom is 0.357 e. The number of hydrogen-bond donors (Lipinski definition) is 0. The third-order valence-electron chi connectivity index (χ3n) is 3.29. The van der Waals surface area contributed by atoms with Crippen molar-refractivity contribution in [3.63, 3.8) is 0 Å². The molecule has 0 spiro atoms. The van der Waals surface area contributed by atoms with Crippen molar-refractivity contribution in [2.75, 3.05) is 18.9 Å². The Kier molecular flexibility index (Phi) is 5.01. The molecule has 0 amide bonds. The molecule has 0 radical (unpaired) electrons. The van der Waals surface area contributed by atoms with E-state index in [0.29, 0.717) is 35.0 Å². The van der Waals surface area contributed by atoms with Crippen LogP contribution in [0.25, 0.3) is 10.8 Å². The van der Waals surface area contributed by atoms with Crippen molar-refractivity contribution in [1.29, 1.82) is 0 Å². The van der Waals surface area contributed by atoms with Crippen molar-refractivity contribution in [2.24, 2.45) is 0 Å². The van der Waals surface area contributed by atoms with Gasteiger partial charge in [-0.3, -0.25) is 0 Å². The quantitative estimate of drug-likeness (QED) is 0.599. The zero-order valence-corrected chi connectivity index (χ0v) is 14.0. The summed E-state index contributed by atoms with van der Waals surface area (Å²) in [5, 5.41) is 2.89. The molecule has 0 unspecified atom stereocenters. The van der Waals surface area contributed by atoms with Crippen LogP contribution in [0.4, 0.5) is 0 Å². The zero-order chi connectivity index (χ0) is 15.5. The summed E-state index contributed by atoms with van der Waals surface area (Å²) in [6.45, 7) is 5.87. The Balaban J connectivity index is 2.39. The summed E-state index contributed by atoms with van der Waals surface area (Å²) in [6.07, 6.45) is 2.67. The van der Waals surface area contributed by atoms with Gasteiger partial charge in [-0.15, -0.1) is 11.3 Å². The van der Waals surface area contributed by atoms with E-state index in [2.05, 4.69) is 4.98 Å². The van der Waals surface area contributed by atoms with Gasteiger partial charge in [-0.1, -0.05) is 13.8 Å². The largest absolute Gasteiger partial charge is 0.461 e. The van der Waals surface area contributed by atoms with Gasteiger partial charge in [0.25, 0.3) is 0 Å². The lowest BCUT2D eigenvalue weighted by Gasteiger charge is -2.13. The first kappa shape index (κ1) is 16.0. The van der Waals surface area contributed by atoms with Crippen LogP contribution in [-0.4, -0.2) is 29.9 Å². The van der Waals surface area contributed by atoms with E-state index < -0.39 is 13.1 Å². The second kappa shape index (κ2) is 6.58. The predicted octanol–water partition coefficient (Wildman–Crippen LogP) is 3.61. The third kappa shape index (κ3) is 3.11. The van der Waals surface area contributed by atoms with E-state index in [4.69, 9.17) is 9.15 Å². The highest BCUT2D eigenvalue weighted by molar-refractivity contribution is 7.71. The summed E-state index contributed by atoms with van der Waals surface area (Å²) >= 11 is 1.29. The Morgan fingerprint density at radius 3 is 2.71 bits per heavy atom. The van der Waals surface area contributed by atoms with E-state index >= 15 is 0 Å². The lowest BCUT2D eigenvalue weighted by Crippen LogP contribution is -2.09. The normalized spacial score (nSPS) is 11.6. The van der Waals surface area contributed by atoms with Crippen molar-refractivity contribution >= 4 is 29.8 Å². The second-order valence-corrected chi connectivity index (χ2v) is 8.80. The van der Waals surface area contributed by atoms with Crippen LogP contribution in [0.15, 0.2) is 22.1 Å². The van der Waals surface area contributed by atoms with E-state index in [1.54, 1.807) is 18.4 Å². The predicted molar refractivity (Wildman–Crippen MR) is 84.1 cm³/mol. The highest BCUT2D eigenvalue weighted by atomic mass is 32.1. The maximum absolute atomic E-state index is 12.9. The lowest BCUT2D eigenvalue weighted by molar-refractivity contribution is 0.0520. The topological polar surface area (TPSA) is 69.4 Å². The van der Waals surface area contributed by atoms with Crippen molar-refractivity contribution in [3.8, 4) is 10.8 Å². The molecule has 2 aromatic heterocycles. The molecule has 0 saturated heterocycles. The van der Waals surface area contributed by atoms with Gasteiger partial charge in [0.1, 0.15) is 7.14 Å². The number of carbonyl (C=O) groups excluding carboxylic acids is 1. The summed E-state index contributed by atoms with van der Waals surface area (Å²) < 4.78 is 23.3. The Morgan fingerprint density at radius 2 is 2.10 bits per heavy atom. The van der Waals surface area contributed by atoms with Crippen LogP contribution in [0.1, 0.15) is 31.3 Å². The van der Waals surface area contributed by atoms with Crippen LogP contribution in [-0.2, 0) is 9.30 Å². The SMILES string of the molecule is CCOC(=O)c1csc(-c2occc2P(=O)(CC)CC)n1. The standard InChI is InChI=1S/C14H18NO4PS/c1-4-18-14(16)10-9-21-13(15-10)12-11(7-8-19-12)20(17,5-2)6-3/h7-9H,4-6H2,1-3H3. The van der Waals surface area contributed by atoms with Gasteiger partial charge in [0.2, 0.25) is 0 Å². The van der Waals surface area contributed by atoms with Crippen LogP contribution in [0.3, 0.4) is 0 Å². The van der Waals surface area contributed by atoms with E-state index in [1.165, 1.54) is 17.6 Å². The molecule has 0 bridgehead atoms. The van der Waals surface area contributed by atoms with E-state index in [0.717, 1.165) is 0 Å². The molecular formula is C14H18NO4PS. The molecule has 0 fully saturated rings. The number of ether oxygens (including phenoxy) is 1. The van der Waals surface area contributed by atoms with Crippen LogP contribution in [0.5, 0.6) is 0 Å². The monoisotopic (exact) mass is 327 g/mol. The van der Waals surface area contributed by atoms with Crippen molar-refractivity contribution < 1.29 is 18.5 Å². The maximum atomic E-state index is 12.9. The Labute approximate surface area is 127 Å². The van der Waals surface area contributed by atoms with Crippen LogP contribution in [0.2, 0.25) is 0 Å². The highest BCUT2D eigenvalue weighted by Gasteiger charge is 2.28. The van der Waals surface area contributed by atoms with Crippen molar-refractivity contribution in [3.05, 3.63) is 23.4 Å². The Hall–Kier alpha value is -1.39. The van der Waals surface area contributed by atoms with Gasteiger partial charge < -0.3 is 13.7 Å². The minimum atomic E-state index is -2.46. The molecule has 0 N–H and O–H groups in total. The fourth-order valence-corrected chi connectivity index (χ4v) is 4.88. The van der Waals surface area contributed by atoms with Crippen LogP contribution >= 0.6 is 18.5 Å². The average molecular weight is 327 g/mol. The third-order valence-corrected chi connectivity index (χ3v) is 7.40. The van der Waals surface area contributed by atoms with Gasteiger partial charge in [0.05, 0.1) is 18.2 Å². The van der Waals surface area contributed by atoms with E-state index in [9.17, 15) is 9.36 Å². The number of furan rings is 1. The minimum Gasteiger partial charge on any atom is -0.461 e. The first-order chi connectivity index (χ1) is 10.1. The van der Waals surface area contributed by atoms with Crippen molar-refractivity contribution in [1.82, 2.24) is 4.98 Å².